The third kappa shape index (κ3) is 2.36. The molecule has 1 heterocycles. The zero-order chi connectivity index (χ0) is 13.1. The van der Waals surface area contributed by atoms with Crippen molar-refractivity contribution < 1.29 is 9.47 Å². The topological polar surface area (TPSA) is 30.5 Å². The van der Waals surface area contributed by atoms with E-state index in [9.17, 15) is 0 Å². The monoisotopic (exact) mass is 313 g/mol. The first-order valence-corrected chi connectivity index (χ1v) is 7.16. The van der Waals surface area contributed by atoms with Crippen LogP contribution >= 0.6 is 15.9 Å². The molecule has 1 aromatic rings. The smallest absolute Gasteiger partial charge is 0.140 e. The molecule has 18 heavy (non-hydrogen) atoms. The summed E-state index contributed by atoms with van der Waals surface area (Å²) < 4.78 is 12.0. The van der Waals surface area contributed by atoms with Crippen LogP contribution in [0.15, 0.2) is 10.5 Å². The Morgan fingerprint density at radius 1 is 1.33 bits per heavy atom. The van der Waals surface area contributed by atoms with Crippen molar-refractivity contribution in [2.45, 2.75) is 25.7 Å². The van der Waals surface area contributed by atoms with Gasteiger partial charge in [0.15, 0.2) is 0 Å². The van der Waals surface area contributed by atoms with Gasteiger partial charge in [-0.1, -0.05) is 6.92 Å². The molecule has 0 spiro atoms. The van der Waals surface area contributed by atoms with Crippen LogP contribution in [-0.2, 0) is 6.42 Å². The lowest BCUT2D eigenvalue weighted by molar-refractivity contribution is 0.381. The van der Waals surface area contributed by atoms with Crippen LogP contribution in [0.2, 0.25) is 0 Å². The van der Waals surface area contributed by atoms with Gasteiger partial charge >= 0.3 is 0 Å². The molecule has 1 aliphatic heterocycles. The molecule has 4 heteroatoms. The third-order valence-corrected chi connectivity index (χ3v) is 4.29. The van der Waals surface area contributed by atoms with Crippen LogP contribution in [0.5, 0.6) is 11.5 Å². The predicted molar refractivity (Wildman–Crippen MR) is 76.9 cm³/mol. The van der Waals surface area contributed by atoms with Gasteiger partial charge in [-0.3, -0.25) is 0 Å². The molecule has 1 N–H and O–H groups in total. The van der Waals surface area contributed by atoms with E-state index in [1.165, 1.54) is 11.1 Å². The second-order valence-electron chi connectivity index (χ2n) is 4.55. The minimum Gasteiger partial charge on any atom is -0.495 e. The third-order valence-electron chi connectivity index (χ3n) is 3.57. The van der Waals surface area contributed by atoms with E-state index >= 15 is 0 Å². The molecule has 100 valence electrons. The van der Waals surface area contributed by atoms with Gasteiger partial charge in [0.25, 0.3) is 0 Å². The van der Waals surface area contributed by atoms with Crippen molar-refractivity contribution in [3.8, 4) is 11.5 Å². The Labute approximate surface area is 117 Å². The van der Waals surface area contributed by atoms with Crippen LogP contribution in [0.4, 0.5) is 0 Å². The first-order valence-electron chi connectivity index (χ1n) is 6.36. The average molecular weight is 314 g/mol. The summed E-state index contributed by atoms with van der Waals surface area (Å²) in [7, 11) is 3.42. The molecule has 2 rings (SSSR count). The summed E-state index contributed by atoms with van der Waals surface area (Å²) in [5.41, 5.74) is 2.51. The summed E-state index contributed by atoms with van der Waals surface area (Å²) >= 11 is 3.62. The number of halogens is 1. The highest BCUT2D eigenvalue weighted by atomic mass is 79.9. The molecule has 0 amide bonds. The molecule has 0 aromatic heterocycles. The van der Waals surface area contributed by atoms with Gasteiger partial charge in [0, 0.05) is 18.0 Å². The van der Waals surface area contributed by atoms with Crippen molar-refractivity contribution in [1.82, 2.24) is 5.32 Å². The zero-order valence-corrected chi connectivity index (χ0v) is 12.8. The molecule has 0 saturated carbocycles. The van der Waals surface area contributed by atoms with Crippen LogP contribution in [0.1, 0.15) is 30.4 Å². The van der Waals surface area contributed by atoms with Gasteiger partial charge in [-0.05, 0) is 46.9 Å². The normalized spacial score (nSPS) is 19.0. The Bertz CT molecular complexity index is 428. The molecule has 1 fully saturated rings. The standard InChI is InChI=1S/C14H20BrNO2/c1-4-9-7-11(10-5-6-16-8-10)14(18-3)12(15)13(9)17-2/h7,10,16H,4-6,8H2,1-3H3. The number of methoxy groups -OCH3 is 2. The Hall–Kier alpha value is -0.740. The molecule has 3 nitrogen and oxygen atoms in total. The highest BCUT2D eigenvalue weighted by molar-refractivity contribution is 9.10. The van der Waals surface area contributed by atoms with Crippen LogP contribution < -0.4 is 14.8 Å². The van der Waals surface area contributed by atoms with E-state index in [1.807, 2.05) is 0 Å². The molecule has 0 radical (unpaired) electrons. The number of aryl methyl sites for hydroxylation is 1. The second kappa shape index (κ2) is 5.93. The Morgan fingerprint density at radius 2 is 2.06 bits per heavy atom. The summed E-state index contributed by atoms with van der Waals surface area (Å²) in [4.78, 5) is 0. The summed E-state index contributed by atoms with van der Waals surface area (Å²) in [6.45, 7) is 4.25. The maximum Gasteiger partial charge on any atom is 0.140 e. The summed E-state index contributed by atoms with van der Waals surface area (Å²) in [6.07, 6.45) is 2.12. The van der Waals surface area contributed by atoms with Crippen molar-refractivity contribution in [3.05, 3.63) is 21.7 Å². The second-order valence-corrected chi connectivity index (χ2v) is 5.34. The van der Waals surface area contributed by atoms with E-state index in [0.29, 0.717) is 5.92 Å². The Morgan fingerprint density at radius 3 is 2.56 bits per heavy atom. The van der Waals surface area contributed by atoms with E-state index in [0.717, 1.165) is 41.9 Å². The molecule has 1 saturated heterocycles. The van der Waals surface area contributed by atoms with Gasteiger partial charge in [-0.15, -0.1) is 0 Å². The maximum atomic E-state index is 5.58. The summed E-state index contributed by atoms with van der Waals surface area (Å²) in [5, 5.41) is 3.41. The molecular weight excluding hydrogens is 294 g/mol. The molecular formula is C14H20BrNO2. The molecule has 0 bridgehead atoms. The highest BCUT2D eigenvalue weighted by Crippen LogP contribution is 2.44. The van der Waals surface area contributed by atoms with Gasteiger partial charge in [0.1, 0.15) is 16.0 Å². The van der Waals surface area contributed by atoms with Crippen molar-refractivity contribution >= 4 is 15.9 Å². The number of nitrogens with one attached hydrogen (secondary N) is 1. The average Bonchev–Trinajstić information content (AvgIpc) is 2.91. The van der Waals surface area contributed by atoms with Crippen molar-refractivity contribution in [1.29, 1.82) is 0 Å². The van der Waals surface area contributed by atoms with Gasteiger partial charge in [-0.2, -0.15) is 0 Å². The lowest BCUT2D eigenvalue weighted by Crippen LogP contribution is -2.09. The predicted octanol–water partition coefficient (Wildman–Crippen LogP) is 3.11. The van der Waals surface area contributed by atoms with Crippen LogP contribution in [0.25, 0.3) is 0 Å². The molecule has 1 unspecified atom stereocenters. The fraction of sp³-hybridized carbons (Fsp3) is 0.571. The number of hydrogen-bond acceptors (Lipinski definition) is 3. The molecule has 1 aromatic carbocycles. The van der Waals surface area contributed by atoms with E-state index in [4.69, 9.17) is 9.47 Å². The number of hydrogen-bond donors (Lipinski definition) is 1. The van der Waals surface area contributed by atoms with Gasteiger partial charge < -0.3 is 14.8 Å². The minimum atomic E-state index is 0.535. The van der Waals surface area contributed by atoms with Crippen LogP contribution in [0, 0.1) is 0 Å². The van der Waals surface area contributed by atoms with Gasteiger partial charge in [0.2, 0.25) is 0 Å². The lowest BCUT2D eigenvalue weighted by atomic mass is 9.94. The first-order chi connectivity index (χ1) is 8.72. The minimum absolute atomic E-state index is 0.535. The van der Waals surface area contributed by atoms with Gasteiger partial charge in [0.05, 0.1) is 14.2 Å². The highest BCUT2D eigenvalue weighted by Gasteiger charge is 2.25. The molecule has 1 aliphatic rings. The van der Waals surface area contributed by atoms with E-state index in [-0.39, 0.29) is 0 Å². The fourth-order valence-corrected chi connectivity index (χ4v) is 3.41. The van der Waals surface area contributed by atoms with Crippen LogP contribution in [0.3, 0.4) is 0 Å². The SMILES string of the molecule is CCc1cc(C2CCNC2)c(OC)c(Br)c1OC. The largest absolute Gasteiger partial charge is 0.495 e. The van der Waals surface area contributed by atoms with E-state index in [1.54, 1.807) is 14.2 Å². The quantitative estimate of drug-likeness (QED) is 0.926. The number of benzene rings is 1. The first kappa shape index (κ1) is 13.7. The zero-order valence-electron chi connectivity index (χ0n) is 11.2. The Balaban J connectivity index is 2.53. The number of rotatable bonds is 4. The van der Waals surface area contributed by atoms with E-state index in [2.05, 4.69) is 34.2 Å². The van der Waals surface area contributed by atoms with Crippen molar-refractivity contribution in [3.63, 3.8) is 0 Å². The lowest BCUT2D eigenvalue weighted by Gasteiger charge is -2.20. The van der Waals surface area contributed by atoms with E-state index < -0.39 is 0 Å². The number of ether oxygens (including phenoxy) is 2. The summed E-state index contributed by atoms with van der Waals surface area (Å²) in [5.74, 6) is 2.34. The van der Waals surface area contributed by atoms with Crippen molar-refractivity contribution in [2.75, 3.05) is 27.3 Å². The molecule has 1 atom stereocenters. The molecule has 0 aliphatic carbocycles. The Kier molecular flexibility index (Phi) is 4.51. The van der Waals surface area contributed by atoms with Crippen LogP contribution in [-0.4, -0.2) is 27.3 Å². The van der Waals surface area contributed by atoms with Crippen molar-refractivity contribution in [2.24, 2.45) is 0 Å². The van der Waals surface area contributed by atoms with Gasteiger partial charge in [-0.25, -0.2) is 0 Å². The summed E-state index contributed by atoms with van der Waals surface area (Å²) in [6, 6.07) is 2.24. The maximum absolute atomic E-state index is 5.58. The fourth-order valence-electron chi connectivity index (χ4n) is 2.60.